The number of nitrogens with one attached hydrogen (secondary N) is 1. The van der Waals surface area contributed by atoms with E-state index in [1.807, 2.05) is 0 Å². The van der Waals surface area contributed by atoms with Crippen molar-refractivity contribution in [2.75, 3.05) is 26.2 Å². The van der Waals surface area contributed by atoms with E-state index >= 15 is 0 Å². The van der Waals surface area contributed by atoms with Crippen LogP contribution in [0.1, 0.15) is 77.0 Å². The molecule has 3 fully saturated rings. The molecule has 21 heavy (non-hydrogen) atoms. The monoisotopic (exact) mass is 292 g/mol. The molecule has 1 heterocycles. The number of rotatable bonds is 4. The SMILES string of the molecule is C1CCC(CCN2CCCNC(C3CCCCC3)C2)CC1. The van der Waals surface area contributed by atoms with Crippen LogP contribution in [-0.4, -0.2) is 37.1 Å². The summed E-state index contributed by atoms with van der Waals surface area (Å²) in [6.07, 6.45) is 17.7. The van der Waals surface area contributed by atoms with Crippen molar-refractivity contribution < 1.29 is 0 Å². The summed E-state index contributed by atoms with van der Waals surface area (Å²) in [7, 11) is 0. The van der Waals surface area contributed by atoms with E-state index in [1.165, 1.54) is 103 Å². The van der Waals surface area contributed by atoms with Crippen LogP contribution in [-0.2, 0) is 0 Å². The Morgan fingerprint density at radius 1 is 0.810 bits per heavy atom. The van der Waals surface area contributed by atoms with Gasteiger partial charge < -0.3 is 10.2 Å². The van der Waals surface area contributed by atoms with Gasteiger partial charge in [0.25, 0.3) is 0 Å². The fourth-order valence-electron chi connectivity index (χ4n) is 4.92. The first kappa shape index (κ1) is 15.8. The molecular formula is C19H36N2. The van der Waals surface area contributed by atoms with E-state index in [1.54, 1.807) is 0 Å². The van der Waals surface area contributed by atoms with Crippen LogP contribution in [0.3, 0.4) is 0 Å². The molecule has 0 aromatic rings. The molecule has 0 spiro atoms. The Kier molecular flexibility index (Phi) is 6.42. The Morgan fingerprint density at radius 2 is 1.52 bits per heavy atom. The maximum absolute atomic E-state index is 3.88. The highest BCUT2D eigenvalue weighted by molar-refractivity contribution is 4.84. The molecule has 122 valence electrons. The highest BCUT2D eigenvalue weighted by Crippen LogP contribution is 2.29. The van der Waals surface area contributed by atoms with E-state index in [9.17, 15) is 0 Å². The van der Waals surface area contributed by atoms with Gasteiger partial charge >= 0.3 is 0 Å². The third-order valence-electron chi connectivity index (χ3n) is 6.31. The average Bonchev–Trinajstić information content (AvgIpc) is 2.80. The number of nitrogens with zero attached hydrogens (tertiary/aromatic N) is 1. The van der Waals surface area contributed by atoms with Gasteiger partial charge in [0.15, 0.2) is 0 Å². The number of hydrogen-bond donors (Lipinski definition) is 1. The van der Waals surface area contributed by atoms with Crippen LogP contribution in [0.25, 0.3) is 0 Å². The van der Waals surface area contributed by atoms with Gasteiger partial charge in [0.1, 0.15) is 0 Å². The number of hydrogen-bond acceptors (Lipinski definition) is 2. The summed E-state index contributed by atoms with van der Waals surface area (Å²) >= 11 is 0. The molecule has 2 heteroatoms. The summed E-state index contributed by atoms with van der Waals surface area (Å²) in [5.74, 6) is 2.01. The van der Waals surface area contributed by atoms with Crippen molar-refractivity contribution in [3.8, 4) is 0 Å². The second-order valence-electron chi connectivity index (χ2n) is 7.91. The Morgan fingerprint density at radius 3 is 2.29 bits per heavy atom. The highest BCUT2D eigenvalue weighted by Gasteiger charge is 2.27. The van der Waals surface area contributed by atoms with E-state index in [4.69, 9.17) is 0 Å². The van der Waals surface area contributed by atoms with Gasteiger partial charge in [-0.3, -0.25) is 0 Å². The van der Waals surface area contributed by atoms with E-state index in [2.05, 4.69) is 10.2 Å². The van der Waals surface area contributed by atoms with Gasteiger partial charge in [0.2, 0.25) is 0 Å². The first-order valence-electron chi connectivity index (χ1n) is 9.87. The molecule has 2 saturated carbocycles. The molecular weight excluding hydrogens is 256 g/mol. The van der Waals surface area contributed by atoms with Gasteiger partial charge in [-0.25, -0.2) is 0 Å². The van der Waals surface area contributed by atoms with Crippen molar-refractivity contribution in [1.82, 2.24) is 10.2 Å². The van der Waals surface area contributed by atoms with Crippen molar-refractivity contribution in [2.24, 2.45) is 11.8 Å². The van der Waals surface area contributed by atoms with Crippen LogP contribution in [0.5, 0.6) is 0 Å². The summed E-state index contributed by atoms with van der Waals surface area (Å²) < 4.78 is 0. The van der Waals surface area contributed by atoms with E-state index in [-0.39, 0.29) is 0 Å². The Labute approximate surface area is 132 Å². The van der Waals surface area contributed by atoms with Crippen molar-refractivity contribution in [3.05, 3.63) is 0 Å². The molecule has 0 aromatic heterocycles. The molecule has 2 aliphatic carbocycles. The molecule has 0 amide bonds. The molecule has 2 nitrogen and oxygen atoms in total. The topological polar surface area (TPSA) is 15.3 Å². The van der Waals surface area contributed by atoms with Gasteiger partial charge in [-0.1, -0.05) is 51.4 Å². The molecule has 0 bridgehead atoms. The Bertz CT molecular complexity index is 279. The maximum Gasteiger partial charge on any atom is 0.0223 e. The molecule has 0 aromatic carbocycles. The van der Waals surface area contributed by atoms with Crippen LogP contribution >= 0.6 is 0 Å². The molecule has 3 rings (SSSR count). The van der Waals surface area contributed by atoms with Crippen molar-refractivity contribution in [3.63, 3.8) is 0 Å². The first-order valence-corrected chi connectivity index (χ1v) is 9.87. The predicted molar refractivity (Wildman–Crippen MR) is 90.6 cm³/mol. The van der Waals surface area contributed by atoms with Crippen LogP contribution in [0.4, 0.5) is 0 Å². The van der Waals surface area contributed by atoms with Crippen molar-refractivity contribution >= 4 is 0 Å². The van der Waals surface area contributed by atoms with Crippen molar-refractivity contribution in [1.29, 1.82) is 0 Å². The second-order valence-corrected chi connectivity index (χ2v) is 7.91. The standard InChI is InChI=1S/C19H36N2/c1-3-8-17(9-4-1)12-15-21-14-7-13-20-19(16-21)18-10-5-2-6-11-18/h17-20H,1-16H2. The normalized spacial score (nSPS) is 31.1. The first-order chi connectivity index (χ1) is 10.4. The summed E-state index contributed by atoms with van der Waals surface area (Å²) in [4.78, 5) is 2.80. The lowest BCUT2D eigenvalue weighted by Crippen LogP contribution is -2.44. The summed E-state index contributed by atoms with van der Waals surface area (Å²) in [5, 5.41) is 3.88. The van der Waals surface area contributed by atoms with E-state index in [0.29, 0.717) is 0 Å². The van der Waals surface area contributed by atoms with Gasteiger partial charge in [0.05, 0.1) is 0 Å². The minimum Gasteiger partial charge on any atom is -0.312 e. The van der Waals surface area contributed by atoms with Gasteiger partial charge in [-0.2, -0.15) is 0 Å². The average molecular weight is 293 g/mol. The summed E-state index contributed by atoms with van der Waals surface area (Å²) in [6.45, 7) is 5.29. The zero-order valence-corrected chi connectivity index (χ0v) is 14.0. The van der Waals surface area contributed by atoms with E-state index in [0.717, 1.165) is 17.9 Å². The van der Waals surface area contributed by atoms with Crippen LogP contribution < -0.4 is 5.32 Å². The van der Waals surface area contributed by atoms with Crippen LogP contribution in [0.2, 0.25) is 0 Å². The zero-order valence-electron chi connectivity index (χ0n) is 14.0. The molecule has 1 saturated heterocycles. The third kappa shape index (κ3) is 4.96. The lowest BCUT2D eigenvalue weighted by molar-refractivity contribution is 0.190. The Hall–Kier alpha value is -0.0800. The van der Waals surface area contributed by atoms with E-state index < -0.39 is 0 Å². The summed E-state index contributed by atoms with van der Waals surface area (Å²) in [6, 6.07) is 0.791. The lowest BCUT2D eigenvalue weighted by atomic mass is 9.83. The summed E-state index contributed by atoms with van der Waals surface area (Å²) in [5.41, 5.74) is 0. The fourth-order valence-corrected chi connectivity index (χ4v) is 4.92. The lowest BCUT2D eigenvalue weighted by Gasteiger charge is -2.33. The minimum atomic E-state index is 0.791. The van der Waals surface area contributed by atoms with Crippen LogP contribution in [0.15, 0.2) is 0 Å². The van der Waals surface area contributed by atoms with Gasteiger partial charge in [-0.15, -0.1) is 0 Å². The molecule has 1 N–H and O–H groups in total. The maximum atomic E-state index is 3.88. The largest absolute Gasteiger partial charge is 0.312 e. The molecule has 3 aliphatic rings. The Balaban J connectivity index is 1.45. The fraction of sp³-hybridized carbons (Fsp3) is 1.00. The quantitative estimate of drug-likeness (QED) is 0.835. The van der Waals surface area contributed by atoms with Gasteiger partial charge in [0, 0.05) is 12.6 Å². The molecule has 1 unspecified atom stereocenters. The third-order valence-corrected chi connectivity index (χ3v) is 6.31. The van der Waals surface area contributed by atoms with Crippen LogP contribution in [0, 0.1) is 11.8 Å². The zero-order chi connectivity index (χ0) is 14.3. The minimum absolute atomic E-state index is 0.791. The second kappa shape index (κ2) is 8.53. The van der Waals surface area contributed by atoms with Crippen molar-refractivity contribution in [2.45, 2.75) is 83.1 Å². The van der Waals surface area contributed by atoms with Gasteiger partial charge in [-0.05, 0) is 57.2 Å². The smallest absolute Gasteiger partial charge is 0.0223 e. The molecule has 1 aliphatic heterocycles. The molecule has 0 radical (unpaired) electrons. The molecule has 1 atom stereocenters. The highest BCUT2D eigenvalue weighted by atomic mass is 15.2. The predicted octanol–water partition coefficient (Wildman–Crippen LogP) is 4.20.